The maximum atomic E-state index is 12.3. The Hall–Kier alpha value is -1.72. The summed E-state index contributed by atoms with van der Waals surface area (Å²) in [6, 6.07) is 0.782. The zero-order chi connectivity index (χ0) is 10.7. The van der Waals surface area contributed by atoms with Gasteiger partial charge in [0.05, 0.1) is 18.9 Å². The highest BCUT2D eigenvalue weighted by atomic mass is 19.3. The first-order chi connectivity index (χ1) is 6.56. The molecule has 0 saturated carbocycles. The van der Waals surface area contributed by atoms with Crippen LogP contribution in [-0.2, 0) is 4.74 Å². The van der Waals surface area contributed by atoms with E-state index in [1.165, 1.54) is 0 Å². The van der Waals surface area contributed by atoms with Crippen LogP contribution in [0.1, 0.15) is 22.5 Å². The lowest BCUT2D eigenvalue weighted by Gasteiger charge is -2.05. The van der Waals surface area contributed by atoms with Crippen LogP contribution in [0.15, 0.2) is 12.3 Å². The lowest BCUT2D eigenvalue weighted by molar-refractivity contribution is 0.0581. The number of nitrogens with zero attached hydrogens (tertiary/aromatic N) is 1. The number of carbonyl (C=O) groups excluding carboxylic acids is 1. The summed E-state index contributed by atoms with van der Waals surface area (Å²) in [5, 5.41) is 8.89. The fraction of sp³-hybridized carbons (Fsp3) is 0.250. The van der Waals surface area contributed by atoms with Gasteiger partial charge in [0.2, 0.25) is 0 Å². The first-order valence-electron chi connectivity index (χ1n) is 3.61. The van der Waals surface area contributed by atoms with Gasteiger partial charge in [0.25, 0.3) is 6.43 Å². The minimum atomic E-state index is -2.89. The van der Waals surface area contributed by atoms with E-state index in [-0.39, 0.29) is 0 Å². The second kappa shape index (κ2) is 3.99. The molecule has 0 saturated heterocycles. The molecule has 6 heteroatoms. The van der Waals surface area contributed by atoms with Crippen LogP contribution in [0.4, 0.5) is 8.78 Å². The van der Waals surface area contributed by atoms with Gasteiger partial charge in [-0.25, -0.2) is 18.6 Å². The van der Waals surface area contributed by atoms with Crippen molar-refractivity contribution in [1.82, 2.24) is 4.98 Å². The second-order valence-corrected chi connectivity index (χ2v) is 2.42. The molecule has 1 rings (SSSR count). The first-order valence-corrected chi connectivity index (χ1v) is 3.61. The number of hydrogen-bond acceptors (Lipinski definition) is 4. The first kappa shape index (κ1) is 10.4. The van der Waals surface area contributed by atoms with Gasteiger partial charge in [0.15, 0.2) is 5.69 Å². The molecular formula is C8H7F2NO3. The molecule has 14 heavy (non-hydrogen) atoms. The molecule has 4 nitrogen and oxygen atoms in total. The van der Waals surface area contributed by atoms with E-state index < -0.39 is 29.4 Å². The molecule has 0 aliphatic carbocycles. The molecule has 0 aliphatic rings. The van der Waals surface area contributed by atoms with Gasteiger partial charge >= 0.3 is 5.97 Å². The SMILES string of the molecule is COC(=O)c1ncc(O)cc1C(F)F. The smallest absolute Gasteiger partial charge is 0.357 e. The summed E-state index contributed by atoms with van der Waals surface area (Å²) in [6.45, 7) is 0. The number of carbonyl (C=O) groups is 1. The van der Waals surface area contributed by atoms with Crippen molar-refractivity contribution in [2.75, 3.05) is 7.11 Å². The van der Waals surface area contributed by atoms with Crippen LogP contribution in [0.5, 0.6) is 5.75 Å². The molecule has 76 valence electrons. The van der Waals surface area contributed by atoms with Crippen LogP contribution in [0, 0.1) is 0 Å². The van der Waals surface area contributed by atoms with Crippen LogP contribution in [0.3, 0.4) is 0 Å². The Bertz CT molecular complexity index is 354. The van der Waals surface area contributed by atoms with Gasteiger partial charge in [0.1, 0.15) is 5.75 Å². The average molecular weight is 203 g/mol. The van der Waals surface area contributed by atoms with Gasteiger partial charge in [-0.3, -0.25) is 0 Å². The summed E-state index contributed by atoms with van der Waals surface area (Å²) < 4.78 is 28.9. The van der Waals surface area contributed by atoms with Crippen molar-refractivity contribution in [2.24, 2.45) is 0 Å². The monoisotopic (exact) mass is 203 g/mol. The van der Waals surface area contributed by atoms with E-state index in [1.54, 1.807) is 0 Å². The summed E-state index contributed by atoms with van der Waals surface area (Å²) in [5.74, 6) is -1.38. The third kappa shape index (κ3) is 1.95. The topological polar surface area (TPSA) is 59.4 Å². The van der Waals surface area contributed by atoms with Gasteiger partial charge in [-0.1, -0.05) is 0 Å². The highest BCUT2D eigenvalue weighted by molar-refractivity contribution is 5.89. The molecular weight excluding hydrogens is 196 g/mol. The Morgan fingerprint density at radius 3 is 2.79 bits per heavy atom. The molecule has 0 spiro atoms. The molecule has 0 unspecified atom stereocenters. The predicted octanol–water partition coefficient (Wildman–Crippen LogP) is 1.51. The van der Waals surface area contributed by atoms with Crippen molar-refractivity contribution in [3.05, 3.63) is 23.5 Å². The highest BCUT2D eigenvalue weighted by Gasteiger charge is 2.20. The molecule has 1 heterocycles. The molecule has 1 aromatic heterocycles. The third-order valence-electron chi connectivity index (χ3n) is 1.52. The fourth-order valence-electron chi connectivity index (χ4n) is 0.904. The zero-order valence-electron chi connectivity index (χ0n) is 7.20. The molecule has 0 aliphatic heterocycles. The Balaban J connectivity index is 3.21. The summed E-state index contributed by atoms with van der Waals surface area (Å²) in [7, 11) is 1.06. The number of esters is 1. The van der Waals surface area contributed by atoms with Crippen molar-refractivity contribution in [1.29, 1.82) is 0 Å². The number of ether oxygens (including phenoxy) is 1. The van der Waals surface area contributed by atoms with Crippen molar-refractivity contribution in [3.63, 3.8) is 0 Å². The van der Waals surface area contributed by atoms with E-state index in [0.29, 0.717) is 0 Å². The van der Waals surface area contributed by atoms with Crippen molar-refractivity contribution < 1.29 is 23.4 Å². The minimum Gasteiger partial charge on any atom is -0.506 e. The lowest BCUT2D eigenvalue weighted by Crippen LogP contribution is -2.08. The van der Waals surface area contributed by atoms with E-state index >= 15 is 0 Å². The van der Waals surface area contributed by atoms with Crippen LogP contribution in [0.2, 0.25) is 0 Å². The van der Waals surface area contributed by atoms with E-state index in [9.17, 15) is 13.6 Å². The quantitative estimate of drug-likeness (QED) is 0.740. The van der Waals surface area contributed by atoms with E-state index in [2.05, 4.69) is 9.72 Å². The fourth-order valence-corrected chi connectivity index (χ4v) is 0.904. The number of hydrogen-bond donors (Lipinski definition) is 1. The molecule has 0 bridgehead atoms. The number of rotatable bonds is 2. The summed E-state index contributed by atoms with van der Waals surface area (Å²) in [6.07, 6.45) is -1.98. The van der Waals surface area contributed by atoms with E-state index in [4.69, 9.17) is 5.11 Å². The number of aromatic hydroxyl groups is 1. The van der Waals surface area contributed by atoms with Crippen molar-refractivity contribution in [3.8, 4) is 5.75 Å². The van der Waals surface area contributed by atoms with Gasteiger partial charge < -0.3 is 9.84 Å². The average Bonchev–Trinajstić information content (AvgIpc) is 2.16. The molecule has 0 atom stereocenters. The second-order valence-electron chi connectivity index (χ2n) is 2.42. The Kier molecular flexibility index (Phi) is 2.95. The molecule has 0 radical (unpaired) electrons. The molecule has 0 amide bonds. The van der Waals surface area contributed by atoms with Crippen LogP contribution in [-0.4, -0.2) is 23.2 Å². The van der Waals surface area contributed by atoms with E-state index in [0.717, 1.165) is 19.4 Å². The van der Waals surface area contributed by atoms with Crippen LogP contribution < -0.4 is 0 Å². The summed E-state index contributed by atoms with van der Waals surface area (Å²) >= 11 is 0. The third-order valence-corrected chi connectivity index (χ3v) is 1.52. The minimum absolute atomic E-state index is 0.423. The van der Waals surface area contributed by atoms with Gasteiger partial charge in [-0.15, -0.1) is 0 Å². The Morgan fingerprint density at radius 2 is 2.29 bits per heavy atom. The Morgan fingerprint density at radius 1 is 1.64 bits per heavy atom. The van der Waals surface area contributed by atoms with Gasteiger partial charge in [0, 0.05) is 0 Å². The Labute approximate surface area is 78.1 Å². The summed E-state index contributed by atoms with van der Waals surface area (Å²) in [5.41, 5.74) is -1.13. The largest absolute Gasteiger partial charge is 0.506 e. The van der Waals surface area contributed by atoms with Crippen LogP contribution >= 0.6 is 0 Å². The molecule has 1 N–H and O–H groups in total. The van der Waals surface area contributed by atoms with E-state index in [1.807, 2.05) is 0 Å². The lowest BCUT2D eigenvalue weighted by atomic mass is 10.2. The molecule has 0 fully saturated rings. The summed E-state index contributed by atoms with van der Waals surface area (Å²) in [4.78, 5) is 14.3. The normalized spacial score (nSPS) is 10.3. The van der Waals surface area contributed by atoms with Gasteiger partial charge in [-0.2, -0.15) is 0 Å². The maximum Gasteiger partial charge on any atom is 0.357 e. The predicted molar refractivity (Wildman–Crippen MR) is 42.2 cm³/mol. The van der Waals surface area contributed by atoms with Crippen molar-refractivity contribution >= 4 is 5.97 Å². The van der Waals surface area contributed by atoms with Crippen LogP contribution in [0.25, 0.3) is 0 Å². The molecule has 0 aromatic carbocycles. The number of pyridine rings is 1. The number of aromatic nitrogens is 1. The van der Waals surface area contributed by atoms with Gasteiger partial charge in [-0.05, 0) is 6.07 Å². The number of methoxy groups -OCH3 is 1. The maximum absolute atomic E-state index is 12.3. The van der Waals surface area contributed by atoms with Crippen molar-refractivity contribution in [2.45, 2.75) is 6.43 Å². The number of alkyl halides is 2. The highest BCUT2D eigenvalue weighted by Crippen LogP contribution is 2.25. The zero-order valence-corrected chi connectivity index (χ0v) is 7.20. The molecule has 1 aromatic rings. The standard InChI is InChI=1S/C8H7F2NO3/c1-14-8(13)6-5(7(9)10)2-4(12)3-11-6/h2-3,7,12H,1H3. The number of halogens is 2.